The fourth-order valence-electron chi connectivity index (χ4n) is 2.18. The van der Waals surface area contributed by atoms with Crippen LogP contribution in [0.15, 0.2) is 48.5 Å². The van der Waals surface area contributed by atoms with Crippen LogP contribution in [0.1, 0.15) is 17.2 Å². The molecule has 0 fully saturated rings. The van der Waals surface area contributed by atoms with Gasteiger partial charge in [0.25, 0.3) is 11.6 Å². The first kappa shape index (κ1) is 15.7. The molecule has 0 heterocycles. The Hall–Kier alpha value is -2.73. The third-order valence-electron chi connectivity index (χ3n) is 3.34. The van der Waals surface area contributed by atoms with Crippen LogP contribution in [0.25, 0.3) is 0 Å². The van der Waals surface area contributed by atoms with Crippen molar-refractivity contribution in [2.75, 3.05) is 12.4 Å². The molecule has 0 saturated carbocycles. The van der Waals surface area contributed by atoms with Crippen LogP contribution in [0.2, 0.25) is 0 Å². The first-order valence-electron chi connectivity index (χ1n) is 6.67. The Balaban J connectivity index is 2.25. The zero-order chi connectivity index (χ0) is 16.1. The maximum absolute atomic E-state index is 12.4. The number of hydrogen-bond acceptors (Lipinski definition) is 4. The molecular formula is C16H16N2O4. The van der Waals surface area contributed by atoms with E-state index in [-0.39, 0.29) is 11.6 Å². The number of nitro benzene ring substituents is 1. The molecule has 1 N–H and O–H groups in total. The van der Waals surface area contributed by atoms with Crippen molar-refractivity contribution in [2.45, 2.75) is 13.0 Å². The highest BCUT2D eigenvalue weighted by Gasteiger charge is 2.22. The maximum atomic E-state index is 12.4. The minimum atomic E-state index is -0.778. The second-order valence-electron chi connectivity index (χ2n) is 4.72. The summed E-state index contributed by atoms with van der Waals surface area (Å²) in [4.78, 5) is 22.8. The van der Waals surface area contributed by atoms with Crippen LogP contribution in [0.4, 0.5) is 11.4 Å². The van der Waals surface area contributed by atoms with Gasteiger partial charge in [-0.25, -0.2) is 0 Å². The van der Waals surface area contributed by atoms with Crippen molar-refractivity contribution in [3.8, 4) is 0 Å². The molecule has 0 bridgehead atoms. The van der Waals surface area contributed by atoms with E-state index in [1.807, 2.05) is 18.2 Å². The van der Waals surface area contributed by atoms with E-state index in [2.05, 4.69) is 5.32 Å². The summed E-state index contributed by atoms with van der Waals surface area (Å²) < 4.78 is 5.24. The number of amides is 1. The van der Waals surface area contributed by atoms with Gasteiger partial charge in [-0.1, -0.05) is 36.4 Å². The number of rotatable bonds is 5. The number of carbonyl (C=O) groups excluding carboxylic acids is 1. The summed E-state index contributed by atoms with van der Waals surface area (Å²) in [6.45, 7) is 1.60. The number of nitro groups is 1. The summed E-state index contributed by atoms with van der Waals surface area (Å²) in [5.41, 5.74) is 1.48. The van der Waals surface area contributed by atoms with Crippen molar-refractivity contribution in [1.82, 2.24) is 0 Å². The molecule has 0 aliphatic heterocycles. The van der Waals surface area contributed by atoms with Gasteiger partial charge < -0.3 is 10.1 Å². The minimum absolute atomic E-state index is 0.0357. The van der Waals surface area contributed by atoms with Crippen LogP contribution in [-0.4, -0.2) is 17.9 Å². The Morgan fingerprint density at radius 1 is 1.18 bits per heavy atom. The van der Waals surface area contributed by atoms with E-state index in [1.54, 1.807) is 25.1 Å². The summed E-state index contributed by atoms with van der Waals surface area (Å²) in [5.74, 6) is -0.378. The summed E-state index contributed by atoms with van der Waals surface area (Å²) in [7, 11) is 1.44. The van der Waals surface area contributed by atoms with Crippen molar-refractivity contribution in [3.63, 3.8) is 0 Å². The number of ether oxygens (including phenoxy) is 1. The molecule has 0 aromatic heterocycles. The van der Waals surface area contributed by atoms with Gasteiger partial charge in [0.15, 0.2) is 6.10 Å². The number of methoxy groups -OCH3 is 1. The first-order valence-corrected chi connectivity index (χ1v) is 6.67. The highest BCUT2D eigenvalue weighted by molar-refractivity contribution is 5.96. The molecule has 0 radical (unpaired) electrons. The van der Waals surface area contributed by atoms with Crippen molar-refractivity contribution >= 4 is 17.3 Å². The SMILES string of the molecule is COC(C(=O)Nc1cccc([N+](=O)[O-])c1C)c1ccccc1. The molecule has 1 amide bonds. The number of nitrogens with one attached hydrogen (secondary N) is 1. The lowest BCUT2D eigenvalue weighted by Gasteiger charge is -2.16. The molecule has 0 aliphatic carbocycles. The lowest BCUT2D eigenvalue weighted by Crippen LogP contribution is -2.23. The number of anilines is 1. The molecule has 1 atom stereocenters. The van der Waals surface area contributed by atoms with Gasteiger partial charge in [-0.15, -0.1) is 0 Å². The Morgan fingerprint density at radius 2 is 1.86 bits per heavy atom. The third-order valence-corrected chi connectivity index (χ3v) is 3.34. The fraction of sp³-hybridized carbons (Fsp3) is 0.188. The van der Waals surface area contributed by atoms with Crippen molar-refractivity contribution in [3.05, 3.63) is 69.8 Å². The highest BCUT2D eigenvalue weighted by Crippen LogP contribution is 2.26. The predicted octanol–water partition coefficient (Wildman–Crippen LogP) is 3.23. The molecule has 22 heavy (non-hydrogen) atoms. The Labute approximate surface area is 127 Å². The van der Waals surface area contributed by atoms with Crippen LogP contribution >= 0.6 is 0 Å². The molecule has 2 aromatic carbocycles. The van der Waals surface area contributed by atoms with Gasteiger partial charge in [0.2, 0.25) is 0 Å². The molecule has 6 nitrogen and oxygen atoms in total. The topological polar surface area (TPSA) is 81.5 Å². The van der Waals surface area contributed by atoms with Crippen LogP contribution in [-0.2, 0) is 9.53 Å². The molecular weight excluding hydrogens is 284 g/mol. The van der Waals surface area contributed by atoms with Gasteiger partial charge in [0, 0.05) is 13.2 Å². The maximum Gasteiger partial charge on any atom is 0.274 e. The van der Waals surface area contributed by atoms with Crippen LogP contribution in [0.3, 0.4) is 0 Å². The standard InChI is InChI=1S/C16H16N2O4/c1-11-13(9-6-10-14(11)18(20)21)17-16(19)15(22-2)12-7-4-3-5-8-12/h3-10,15H,1-2H3,(H,17,19). The van der Waals surface area contributed by atoms with Crippen molar-refractivity contribution in [2.24, 2.45) is 0 Å². The smallest absolute Gasteiger partial charge is 0.274 e. The van der Waals surface area contributed by atoms with Gasteiger partial charge in [0.05, 0.1) is 16.2 Å². The summed E-state index contributed by atoms with van der Waals surface area (Å²) >= 11 is 0. The van der Waals surface area contributed by atoms with E-state index in [4.69, 9.17) is 4.74 Å². The Bertz CT molecular complexity index is 686. The van der Waals surface area contributed by atoms with Crippen LogP contribution < -0.4 is 5.32 Å². The predicted molar refractivity (Wildman–Crippen MR) is 82.7 cm³/mol. The summed E-state index contributed by atoms with van der Waals surface area (Å²) in [6.07, 6.45) is -0.778. The van der Waals surface area contributed by atoms with Crippen LogP contribution in [0, 0.1) is 17.0 Å². The van der Waals surface area contributed by atoms with E-state index >= 15 is 0 Å². The van der Waals surface area contributed by atoms with Gasteiger partial charge in [-0.2, -0.15) is 0 Å². The quantitative estimate of drug-likeness (QED) is 0.679. The van der Waals surface area contributed by atoms with Crippen LogP contribution in [0.5, 0.6) is 0 Å². The summed E-state index contributed by atoms with van der Waals surface area (Å²) in [6, 6.07) is 13.6. The fourth-order valence-corrected chi connectivity index (χ4v) is 2.18. The van der Waals surface area contributed by atoms with E-state index in [0.29, 0.717) is 16.8 Å². The average molecular weight is 300 g/mol. The third kappa shape index (κ3) is 3.29. The van der Waals surface area contributed by atoms with Gasteiger partial charge in [-0.3, -0.25) is 14.9 Å². The van der Waals surface area contributed by atoms with Crippen molar-refractivity contribution < 1.29 is 14.5 Å². The number of benzene rings is 2. The lowest BCUT2D eigenvalue weighted by molar-refractivity contribution is -0.385. The zero-order valence-electron chi connectivity index (χ0n) is 12.3. The molecule has 6 heteroatoms. The molecule has 0 aliphatic rings. The summed E-state index contributed by atoms with van der Waals surface area (Å²) in [5, 5.41) is 13.6. The monoisotopic (exact) mass is 300 g/mol. The first-order chi connectivity index (χ1) is 10.5. The molecule has 0 spiro atoms. The van der Waals surface area contributed by atoms with E-state index in [9.17, 15) is 14.9 Å². The number of nitrogens with zero attached hydrogens (tertiary/aromatic N) is 1. The second kappa shape index (κ2) is 6.82. The molecule has 114 valence electrons. The lowest BCUT2D eigenvalue weighted by atomic mass is 10.1. The largest absolute Gasteiger partial charge is 0.367 e. The Morgan fingerprint density at radius 3 is 2.45 bits per heavy atom. The molecule has 0 saturated heterocycles. The Kier molecular flexibility index (Phi) is 4.85. The normalized spacial score (nSPS) is 11.7. The van der Waals surface area contributed by atoms with Gasteiger partial charge >= 0.3 is 0 Å². The second-order valence-corrected chi connectivity index (χ2v) is 4.72. The van der Waals surface area contributed by atoms with Crippen molar-refractivity contribution in [1.29, 1.82) is 0 Å². The van der Waals surface area contributed by atoms with E-state index in [1.165, 1.54) is 19.2 Å². The van der Waals surface area contributed by atoms with E-state index in [0.717, 1.165) is 0 Å². The van der Waals surface area contributed by atoms with Gasteiger partial charge in [0.1, 0.15) is 0 Å². The zero-order valence-corrected chi connectivity index (χ0v) is 12.3. The number of carbonyl (C=O) groups is 1. The van der Waals surface area contributed by atoms with Gasteiger partial charge in [-0.05, 0) is 18.6 Å². The highest BCUT2D eigenvalue weighted by atomic mass is 16.6. The number of hydrogen-bond donors (Lipinski definition) is 1. The minimum Gasteiger partial charge on any atom is -0.367 e. The average Bonchev–Trinajstić information content (AvgIpc) is 2.51. The molecule has 2 rings (SSSR count). The molecule has 1 unspecified atom stereocenters. The van der Waals surface area contributed by atoms with E-state index < -0.39 is 11.0 Å². The molecule has 2 aromatic rings.